The summed E-state index contributed by atoms with van der Waals surface area (Å²) in [4.78, 5) is 17.7. The summed E-state index contributed by atoms with van der Waals surface area (Å²) in [5, 5.41) is 7.59. The minimum atomic E-state index is -0.466. The highest BCUT2D eigenvalue weighted by Gasteiger charge is 2.26. The van der Waals surface area contributed by atoms with E-state index in [1.165, 1.54) is 0 Å². The second-order valence-electron chi connectivity index (χ2n) is 6.36. The lowest BCUT2D eigenvalue weighted by molar-refractivity contribution is 0.0528. The van der Waals surface area contributed by atoms with Gasteiger partial charge < -0.3 is 15.2 Å². The normalized spacial score (nSPS) is 10.8. The van der Waals surface area contributed by atoms with Crippen LogP contribution >= 0.6 is 0 Å². The van der Waals surface area contributed by atoms with E-state index in [0.29, 0.717) is 39.4 Å². The van der Waals surface area contributed by atoms with Crippen LogP contribution in [0.25, 0.3) is 33.4 Å². The van der Waals surface area contributed by atoms with Gasteiger partial charge in [0.1, 0.15) is 11.6 Å². The molecule has 29 heavy (non-hydrogen) atoms. The Bertz CT molecular complexity index is 1170. The number of carbonyl (C=O) groups is 1. The van der Waals surface area contributed by atoms with Crippen molar-refractivity contribution in [2.24, 2.45) is 0 Å². The van der Waals surface area contributed by atoms with Crippen molar-refractivity contribution in [3.8, 4) is 28.1 Å². The minimum Gasteiger partial charge on any atom is -0.497 e. The van der Waals surface area contributed by atoms with E-state index in [4.69, 9.17) is 15.2 Å². The smallest absolute Gasteiger partial charge is 0.341 e. The zero-order chi connectivity index (χ0) is 20.4. The van der Waals surface area contributed by atoms with Crippen molar-refractivity contribution in [2.75, 3.05) is 19.5 Å². The fraction of sp³-hybridized carbons (Fsp3) is 0.136. The molecule has 0 aliphatic heterocycles. The number of esters is 1. The van der Waals surface area contributed by atoms with Crippen LogP contribution in [-0.2, 0) is 4.74 Å². The Kier molecular flexibility index (Phi) is 4.87. The van der Waals surface area contributed by atoms with E-state index in [9.17, 15) is 4.79 Å². The van der Waals surface area contributed by atoms with E-state index in [1.54, 1.807) is 14.0 Å². The zero-order valence-electron chi connectivity index (χ0n) is 16.1. The number of hydrogen-bond acceptors (Lipinski definition) is 6. The Balaban J connectivity index is 2.10. The molecule has 146 valence electrons. The van der Waals surface area contributed by atoms with Gasteiger partial charge in [0.25, 0.3) is 0 Å². The van der Waals surface area contributed by atoms with Crippen molar-refractivity contribution >= 4 is 22.8 Å². The van der Waals surface area contributed by atoms with Crippen LogP contribution in [0.15, 0.2) is 54.6 Å². The third kappa shape index (κ3) is 3.27. The molecular weight excluding hydrogens is 368 g/mol. The van der Waals surface area contributed by atoms with Crippen LogP contribution in [-0.4, -0.2) is 34.9 Å². The monoisotopic (exact) mass is 388 g/mol. The van der Waals surface area contributed by atoms with Crippen LogP contribution in [0.2, 0.25) is 0 Å². The summed E-state index contributed by atoms with van der Waals surface area (Å²) in [6.45, 7) is 2.01. The quantitative estimate of drug-likeness (QED) is 0.500. The molecule has 0 unspecified atom stereocenters. The number of anilines is 1. The molecule has 2 aromatic heterocycles. The molecule has 0 saturated carbocycles. The van der Waals surface area contributed by atoms with Gasteiger partial charge in [0.05, 0.1) is 30.4 Å². The largest absolute Gasteiger partial charge is 0.497 e. The van der Waals surface area contributed by atoms with Crippen LogP contribution in [0.3, 0.4) is 0 Å². The number of pyridine rings is 1. The maximum Gasteiger partial charge on any atom is 0.341 e. The highest BCUT2D eigenvalue weighted by molar-refractivity contribution is 6.13. The number of aromatic nitrogens is 3. The fourth-order valence-electron chi connectivity index (χ4n) is 3.33. The Morgan fingerprint density at radius 3 is 2.45 bits per heavy atom. The van der Waals surface area contributed by atoms with Gasteiger partial charge in [-0.25, -0.2) is 9.78 Å². The maximum atomic E-state index is 13.1. The van der Waals surface area contributed by atoms with E-state index in [-0.39, 0.29) is 6.61 Å². The zero-order valence-corrected chi connectivity index (χ0v) is 16.1. The van der Waals surface area contributed by atoms with Crippen molar-refractivity contribution in [2.45, 2.75) is 6.92 Å². The predicted octanol–water partition coefficient (Wildman–Crippen LogP) is 4.06. The summed E-state index contributed by atoms with van der Waals surface area (Å²) in [7, 11) is 1.60. The Labute approximate surface area is 167 Å². The van der Waals surface area contributed by atoms with Gasteiger partial charge in [-0.05, 0) is 24.6 Å². The Morgan fingerprint density at radius 2 is 1.79 bits per heavy atom. The van der Waals surface area contributed by atoms with E-state index >= 15 is 0 Å². The number of ether oxygens (including phenoxy) is 2. The van der Waals surface area contributed by atoms with Crippen LogP contribution in [0, 0.1) is 0 Å². The summed E-state index contributed by atoms with van der Waals surface area (Å²) in [5.41, 5.74) is 9.64. The van der Waals surface area contributed by atoms with Gasteiger partial charge in [0.15, 0.2) is 5.65 Å². The molecule has 3 N–H and O–H groups in total. The van der Waals surface area contributed by atoms with Gasteiger partial charge in [0.2, 0.25) is 0 Å². The standard InChI is InChI=1S/C22H20N4O3/c1-3-29-22(27)17-16(13-9-11-15(28-2)12-10-13)18-20(23)25-26-21(18)24-19(17)14-7-5-4-6-8-14/h4-12H,3H2,1-2H3,(H3,23,24,25,26). The highest BCUT2D eigenvalue weighted by atomic mass is 16.5. The molecule has 2 aromatic carbocycles. The van der Waals surface area contributed by atoms with E-state index in [1.807, 2.05) is 54.6 Å². The summed E-state index contributed by atoms with van der Waals surface area (Å²) >= 11 is 0. The van der Waals surface area contributed by atoms with E-state index in [2.05, 4.69) is 15.2 Å². The van der Waals surface area contributed by atoms with Crippen LogP contribution in [0.1, 0.15) is 17.3 Å². The van der Waals surface area contributed by atoms with Crippen LogP contribution < -0.4 is 10.5 Å². The lowest BCUT2D eigenvalue weighted by Crippen LogP contribution is -2.11. The molecule has 7 nitrogen and oxygen atoms in total. The van der Waals surface area contributed by atoms with E-state index < -0.39 is 5.97 Å². The number of carbonyl (C=O) groups excluding carboxylic acids is 1. The predicted molar refractivity (Wildman–Crippen MR) is 112 cm³/mol. The highest BCUT2D eigenvalue weighted by Crippen LogP contribution is 2.39. The lowest BCUT2D eigenvalue weighted by Gasteiger charge is -2.15. The van der Waals surface area contributed by atoms with Crippen LogP contribution in [0.5, 0.6) is 5.75 Å². The molecular formula is C22H20N4O3. The SMILES string of the molecule is CCOC(=O)c1c(-c2ccccc2)nc2n[nH]c(N)c2c1-c1ccc(OC)cc1. The lowest BCUT2D eigenvalue weighted by atomic mass is 9.93. The second kappa shape index (κ2) is 7.63. The van der Waals surface area contributed by atoms with Gasteiger partial charge in [0, 0.05) is 11.1 Å². The average molecular weight is 388 g/mol. The summed E-state index contributed by atoms with van der Waals surface area (Å²) < 4.78 is 10.7. The first-order valence-electron chi connectivity index (χ1n) is 9.18. The second-order valence-corrected chi connectivity index (χ2v) is 6.36. The van der Waals surface area contributed by atoms with Crippen molar-refractivity contribution in [3.05, 3.63) is 60.2 Å². The molecule has 0 aliphatic carbocycles. The van der Waals surface area contributed by atoms with Crippen molar-refractivity contribution in [1.82, 2.24) is 15.2 Å². The minimum absolute atomic E-state index is 0.244. The number of benzene rings is 2. The average Bonchev–Trinajstić information content (AvgIpc) is 3.14. The number of rotatable bonds is 5. The van der Waals surface area contributed by atoms with Gasteiger partial charge in [-0.2, -0.15) is 5.10 Å². The first-order chi connectivity index (χ1) is 14.1. The number of nitrogens with zero attached hydrogens (tertiary/aromatic N) is 2. The van der Waals surface area contributed by atoms with Gasteiger partial charge >= 0.3 is 5.97 Å². The van der Waals surface area contributed by atoms with Gasteiger partial charge in [-0.1, -0.05) is 42.5 Å². The molecule has 0 bridgehead atoms. The summed E-state index contributed by atoms with van der Waals surface area (Å²) in [5.74, 6) is 0.579. The van der Waals surface area contributed by atoms with Gasteiger partial charge in [-0.15, -0.1) is 0 Å². The molecule has 2 heterocycles. The maximum absolute atomic E-state index is 13.1. The van der Waals surface area contributed by atoms with Crippen molar-refractivity contribution in [1.29, 1.82) is 0 Å². The third-order valence-corrected chi connectivity index (χ3v) is 4.64. The molecule has 0 aliphatic rings. The topological polar surface area (TPSA) is 103 Å². The summed E-state index contributed by atoms with van der Waals surface area (Å²) in [6, 6.07) is 16.9. The Morgan fingerprint density at radius 1 is 1.07 bits per heavy atom. The number of nitrogens with two attached hydrogens (primary N) is 1. The molecule has 4 aromatic rings. The number of aromatic amines is 1. The molecule has 0 spiro atoms. The number of hydrogen-bond donors (Lipinski definition) is 2. The fourth-order valence-corrected chi connectivity index (χ4v) is 3.33. The number of fused-ring (bicyclic) bond motifs is 1. The van der Waals surface area contributed by atoms with Crippen molar-refractivity contribution < 1.29 is 14.3 Å². The molecule has 7 heteroatoms. The van der Waals surface area contributed by atoms with E-state index in [0.717, 1.165) is 11.1 Å². The van der Waals surface area contributed by atoms with Crippen molar-refractivity contribution in [3.63, 3.8) is 0 Å². The number of nitrogen functional groups attached to an aromatic ring is 1. The molecule has 0 atom stereocenters. The molecule has 0 amide bonds. The first-order valence-corrected chi connectivity index (χ1v) is 9.18. The number of H-pyrrole nitrogens is 1. The summed E-state index contributed by atoms with van der Waals surface area (Å²) in [6.07, 6.45) is 0. The third-order valence-electron chi connectivity index (χ3n) is 4.64. The van der Waals surface area contributed by atoms with Crippen LogP contribution in [0.4, 0.5) is 5.82 Å². The first kappa shape index (κ1) is 18.5. The molecule has 0 fully saturated rings. The Hall–Kier alpha value is -3.87. The molecule has 0 radical (unpaired) electrons. The number of methoxy groups -OCH3 is 1. The molecule has 0 saturated heterocycles. The van der Waals surface area contributed by atoms with Gasteiger partial charge in [-0.3, -0.25) is 5.10 Å². The number of nitrogens with one attached hydrogen (secondary N) is 1. The molecule has 4 rings (SSSR count).